The number of esters is 2. The molecule has 0 bridgehead atoms. The third-order valence-corrected chi connectivity index (χ3v) is 4.98. The molecule has 1 heterocycles. The van der Waals surface area contributed by atoms with Gasteiger partial charge in [-0.05, 0) is 57.0 Å². The molecule has 174 valence electrons. The zero-order valence-corrected chi connectivity index (χ0v) is 18.9. The fraction of sp³-hybridized carbons (Fsp3) is 0.348. The Hall–Kier alpha value is -3.53. The van der Waals surface area contributed by atoms with E-state index in [1.165, 1.54) is 13.2 Å². The minimum Gasteiger partial charge on any atom is -0.534 e. The van der Waals surface area contributed by atoms with Crippen molar-refractivity contribution in [1.82, 2.24) is 5.32 Å². The van der Waals surface area contributed by atoms with Crippen LogP contribution in [0.15, 0.2) is 42.5 Å². The lowest BCUT2D eigenvalue weighted by Crippen LogP contribution is -2.53. The smallest absolute Gasteiger partial charge is 0.534 e. The Bertz CT molecular complexity index is 1050. The van der Waals surface area contributed by atoms with Crippen LogP contribution in [-0.4, -0.2) is 49.8 Å². The first kappa shape index (κ1) is 24.1. The molecule has 0 radical (unpaired) electrons. The minimum absolute atomic E-state index is 0.0796. The van der Waals surface area contributed by atoms with Gasteiger partial charge in [-0.1, -0.05) is 18.2 Å². The maximum absolute atomic E-state index is 12.6. The maximum atomic E-state index is 12.6. The van der Waals surface area contributed by atoms with Gasteiger partial charge >= 0.3 is 19.1 Å². The normalized spacial score (nSPS) is 15.1. The second kappa shape index (κ2) is 9.95. The van der Waals surface area contributed by atoms with Gasteiger partial charge in [0.25, 0.3) is 5.91 Å². The topological polar surface area (TPSA) is 120 Å². The van der Waals surface area contributed by atoms with Gasteiger partial charge in [-0.15, -0.1) is 0 Å². The number of rotatable bonds is 6. The van der Waals surface area contributed by atoms with Crippen LogP contribution in [0.3, 0.4) is 0 Å². The van der Waals surface area contributed by atoms with Gasteiger partial charge in [-0.2, -0.15) is 0 Å². The summed E-state index contributed by atoms with van der Waals surface area (Å²) < 4.78 is 20.7. The Labute approximate surface area is 192 Å². The molecule has 2 aromatic carbocycles. The number of benzene rings is 2. The number of carbonyl (C=O) groups excluding carboxylic acids is 3. The molecule has 0 unspecified atom stereocenters. The van der Waals surface area contributed by atoms with E-state index in [2.05, 4.69) is 5.32 Å². The summed E-state index contributed by atoms with van der Waals surface area (Å²) in [6.45, 7) is 4.51. The van der Waals surface area contributed by atoms with E-state index < -0.39 is 43.1 Å². The minimum atomic E-state index is -1.39. The zero-order chi connectivity index (χ0) is 24.2. The van der Waals surface area contributed by atoms with Gasteiger partial charge in [0, 0.05) is 5.56 Å². The largest absolute Gasteiger partial charge is 0.547 e. The Morgan fingerprint density at radius 3 is 2.58 bits per heavy atom. The first-order valence-corrected chi connectivity index (χ1v) is 10.4. The summed E-state index contributed by atoms with van der Waals surface area (Å²) in [7, 11) is 0.115. The Morgan fingerprint density at radius 1 is 1.15 bits per heavy atom. The molecule has 10 heteroatoms. The Balaban J connectivity index is 1.67. The third-order valence-electron chi connectivity index (χ3n) is 4.98. The van der Waals surface area contributed by atoms with Gasteiger partial charge in [0.05, 0.1) is 18.5 Å². The number of amides is 1. The molecule has 0 aromatic heterocycles. The van der Waals surface area contributed by atoms with Gasteiger partial charge in [0.1, 0.15) is 17.1 Å². The molecule has 33 heavy (non-hydrogen) atoms. The molecule has 9 nitrogen and oxygen atoms in total. The number of ether oxygens (including phenoxy) is 3. The lowest BCUT2D eigenvalue weighted by molar-refractivity contribution is -0.161. The SMILES string of the molecule is COc1cccc(C(=O)N[C@H]2Cc3cccc(C(=O)OCOC(=O)C(C)(C)C)c3OB2O)c1. The molecule has 0 aliphatic carbocycles. The second-order valence-corrected chi connectivity index (χ2v) is 8.55. The second-order valence-electron chi connectivity index (χ2n) is 8.55. The van der Waals surface area contributed by atoms with Crippen LogP contribution in [-0.2, 0) is 20.7 Å². The summed E-state index contributed by atoms with van der Waals surface area (Å²) in [4.78, 5) is 36.9. The van der Waals surface area contributed by atoms with Crippen molar-refractivity contribution in [1.29, 1.82) is 0 Å². The maximum Gasteiger partial charge on any atom is 0.547 e. The van der Waals surface area contributed by atoms with E-state index in [0.717, 1.165) is 0 Å². The van der Waals surface area contributed by atoms with Crippen LogP contribution in [0.1, 0.15) is 47.1 Å². The van der Waals surface area contributed by atoms with Gasteiger partial charge in [0.15, 0.2) is 0 Å². The van der Waals surface area contributed by atoms with Crippen LogP contribution in [0.25, 0.3) is 0 Å². The highest BCUT2D eigenvalue weighted by molar-refractivity contribution is 6.47. The highest BCUT2D eigenvalue weighted by Gasteiger charge is 2.38. The summed E-state index contributed by atoms with van der Waals surface area (Å²) in [5.74, 6) is -1.73. The third kappa shape index (κ3) is 5.84. The number of fused-ring (bicyclic) bond motifs is 1. The van der Waals surface area contributed by atoms with E-state index in [0.29, 0.717) is 16.9 Å². The molecule has 1 atom stereocenters. The molecule has 0 spiro atoms. The monoisotopic (exact) mass is 455 g/mol. The number of hydrogen-bond acceptors (Lipinski definition) is 8. The molecular weight excluding hydrogens is 429 g/mol. The van der Waals surface area contributed by atoms with Gasteiger partial charge < -0.3 is 29.2 Å². The van der Waals surface area contributed by atoms with Crippen LogP contribution in [0.2, 0.25) is 0 Å². The quantitative estimate of drug-likeness (QED) is 0.386. The summed E-state index contributed by atoms with van der Waals surface area (Å²) in [5.41, 5.74) is 0.332. The first-order valence-electron chi connectivity index (χ1n) is 10.4. The molecule has 0 saturated carbocycles. The molecule has 2 aromatic rings. The van der Waals surface area contributed by atoms with Gasteiger partial charge in [-0.25, -0.2) is 4.79 Å². The van der Waals surface area contributed by atoms with E-state index in [9.17, 15) is 19.4 Å². The highest BCUT2D eigenvalue weighted by atomic mass is 16.7. The molecule has 2 N–H and O–H groups in total. The summed E-state index contributed by atoms with van der Waals surface area (Å²) in [6, 6.07) is 11.5. The van der Waals surface area contributed by atoms with Crippen LogP contribution >= 0.6 is 0 Å². The van der Waals surface area contributed by atoms with Crippen molar-refractivity contribution >= 4 is 25.0 Å². The van der Waals surface area contributed by atoms with E-state index in [4.69, 9.17) is 18.9 Å². The fourth-order valence-electron chi connectivity index (χ4n) is 3.16. The predicted molar refractivity (Wildman–Crippen MR) is 119 cm³/mol. The van der Waals surface area contributed by atoms with Crippen molar-refractivity contribution in [3.63, 3.8) is 0 Å². The van der Waals surface area contributed by atoms with Gasteiger partial charge in [-0.3, -0.25) is 9.59 Å². The number of hydrogen-bond donors (Lipinski definition) is 2. The van der Waals surface area contributed by atoms with E-state index in [1.54, 1.807) is 57.2 Å². The van der Waals surface area contributed by atoms with Crippen LogP contribution in [0.5, 0.6) is 11.5 Å². The summed E-state index contributed by atoms with van der Waals surface area (Å²) >= 11 is 0. The number of nitrogens with one attached hydrogen (secondary N) is 1. The average molecular weight is 455 g/mol. The first-order chi connectivity index (χ1) is 15.6. The van der Waals surface area contributed by atoms with Crippen molar-refractivity contribution < 1.29 is 38.3 Å². The molecule has 1 aliphatic rings. The molecule has 0 fully saturated rings. The van der Waals surface area contributed by atoms with E-state index in [-0.39, 0.29) is 17.7 Å². The van der Waals surface area contributed by atoms with Crippen molar-refractivity contribution in [3.05, 3.63) is 59.2 Å². The van der Waals surface area contributed by atoms with Crippen molar-refractivity contribution in [3.8, 4) is 11.5 Å². The fourth-order valence-corrected chi connectivity index (χ4v) is 3.16. The summed E-state index contributed by atoms with van der Waals surface area (Å²) in [5, 5.41) is 13.2. The van der Waals surface area contributed by atoms with Crippen molar-refractivity contribution in [2.45, 2.75) is 33.1 Å². The van der Waals surface area contributed by atoms with Crippen LogP contribution in [0, 0.1) is 5.41 Å². The van der Waals surface area contributed by atoms with Crippen LogP contribution < -0.4 is 14.7 Å². The molecule has 1 amide bonds. The lowest BCUT2D eigenvalue weighted by atomic mass is 9.72. The van der Waals surface area contributed by atoms with Crippen molar-refractivity contribution in [2.24, 2.45) is 5.41 Å². The molecular formula is C23H26BNO8. The number of methoxy groups -OCH3 is 1. The Kier molecular flexibility index (Phi) is 7.28. The van der Waals surface area contributed by atoms with E-state index >= 15 is 0 Å². The van der Waals surface area contributed by atoms with Crippen LogP contribution in [0.4, 0.5) is 0 Å². The van der Waals surface area contributed by atoms with E-state index in [1.807, 2.05) is 0 Å². The van der Waals surface area contributed by atoms with Crippen molar-refractivity contribution in [2.75, 3.05) is 13.9 Å². The number of carbonyl (C=O) groups is 3. The molecule has 0 saturated heterocycles. The Morgan fingerprint density at radius 2 is 1.88 bits per heavy atom. The molecule has 1 aliphatic heterocycles. The predicted octanol–water partition coefficient (Wildman–Crippen LogP) is 2.15. The zero-order valence-electron chi connectivity index (χ0n) is 18.9. The van der Waals surface area contributed by atoms with Gasteiger partial charge in [0.2, 0.25) is 6.79 Å². The average Bonchev–Trinajstić information content (AvgIpc) is 2.78. The standard InChI is InChI=1S/C23H26BNO8/c1-23(2,3)22(28)32-13-31-21(27)17-10-6-7-14-12-18(24(29)33-19(14)17)25-20(26)15-8-5-9-16(11-15)30-4/h5-11,18,29H,12-13H2,1-4H3,(H,25,26)/t18-/m0/s1. The molecule has 3 rings (SSSR count). The number of para-hydroxylation sites is 1. The highest BCUT2D eigenvalue weighted by Crippen LogP contribution is 2.31. The summed E-state index contributed by atoms with van der Waals surface area (Å²) in [6.07, 6.45) is 0.229. The lowest BCUT2D eigenvalue weighted by Gasteiger charge is -2.29.